The Kier molecular flexibility index (Phi) is 5.82. The Morgan fingerprint density at radius 2 is 1.22 bits per heavy atom. The Hall–Kier alpha value is -5.03. The van der Waals surface area contributed by atoms with Gasteiger partial charge in [-0.15, -0.1) is 0 Å². The van der Waals surface area contributed by atoms with Gasteiger partial charge in [0.2, 0.25) is 0 Å². The molecule has 0 bridgehead atoms. The van der Waals surface area contributed by atoms with Crippen molar-refractivity contribution >= 4 is 23.0 Å². The second-order valence-corrected chi connectivity index (χ2v) is 10.6. The maximum absolute atomic E-state index is 13.2. The number of benzene rings is 5. The molecule has 41 heavy (non-hydrogen) atoms. The molecule has 0 saturated heterocycles. The van der Waals surface area contributed by atoms with E-state index in [1.54, 1.807) is 0 Å². The fourth-order valence-electron chi connectivity index (χ4n) is 6.02. The number of para-hydroxylation sites is 1. The predicted octanol–water partition coefficient (Wildman–Crippen LogP) is 8.45. The number of hydrazine groups is 1. The summed E-state index contributed by atoms with van der Waals surface area (Å²) in [6.45, 7) is 7.08. The van der Waals surface area contributed by atoms with Gasteiger partial charge in [0, 0.05) is 29.3 Å². The summed E-state index contributed by atoms with van der Waals surface area (Å²) in [4.78, 5) is 13.2. The lowest BCUT2D eigenvalue weighted by Gasteiger charge is -2.40. The Morgan fingerprint density at radius 1 is 0.634 bits per heavy atom. The van der Waals surface area contributed by atoms with Gasteiger partial charge in [0.25, 0.3) is 0 Å². The number of nitrogens with zero attached hydrogens (tertiary/aromatic N) is 2. The standard InChI is InChI=1S/C36H30N2O3/c1-4-37(26-17-13-24(2)14-18-26)38(27-19-15-25(3)16-20-27)28-21-22-32-34(23-28)40-33-12-8-7-11-31(33)36(32)30-10-6-5-9-29(30)35(39)41-36/h5-23H,4H2,1-3H3. The molecular weight excluding hydrogens is 508 g/mol. The summed E-state index contributed by atoms with van der Waals surface area (Å²) in [5.41, 5.74) is 7.42. The third-order valence-electron chi connectivity index (χ3n) is 8.00. The topological polar surface area (TPSA) is 42.0 Å². The summed E-state index contributed by atoms with van der Waals surface area (Å²) in [5.74, 6) is 1.00. The average molecular weight is 539 g/mol. The van der Waals surface area contributed by atoms with Crippen LogP contribution in [0.5, 0.6) is 11.5 Å². The van der Waals surface area contributed by atoms with Crippen molar-refractivity contribution in [3.05, 3.63) is 149 Å². The van der Waals surface area contributed by atoms with E-state index in [1.807, 2.05) is 54.6 Å². The lowest BCUT2D eigenvalue weighted by Crippen LogP contribution is -2.40. The number of rotatable bonds is 5. The zero-order chi connectivity index (χ0) is 28.1. The molecule has 2 heterocycles. The molecule has 1 atom stereocenters. The number of hydrogen-bond donors (Lipinski definition) is 0. The van der Waals surface area contributed by atoms with E-state index in [9.17, 15) is 4.79 Å². The van der Waals surface area contributed by atoms with Crippen molar-refractivity contribution in [2.45, 2.75) is 26.4 Å². The predicted molar refractivity (Wildman–Crippen MR) is 162 cm³/mol. The molecule has 7 rings (SSSR count). The largest absolute Gasteiger partial charge is 0.456 e. The first-order chi connectivity index (χ1) is 20.0. The van der Waals surface area contributed by atoms with Crippen LogP contribution in [0.25, 0.3) is 0 Å². The number of fused-ring (bicyclic) bond motifs is 6. The fraction of sp³-hybridized carbons (Fsp3) is 0.139. The molecule has 1 unspecified atom stereocenters. The number of hydrogen-bond acceptors (Lipinski definition) is 5. The summed E-state index contributed by atoms with van der Waals surface area (Å²) in [7, 11) is 0. The highest BCUT2D eigenvalue weighted by Crippen LogP contribution is 2.56. The number of ether oxygens (including phenoxy) is 2. The van der Waals surface area contributed by atoms with E-state index >= 15 is 0 Å². The van der Waals surface area contributed by atoms with Crippen LogP contribution in [0.4, 0.5) is 17.1 Å². The quantitative estimate of drug-likeness (QED) is 0.166. The molecule has 0 radical (unpaired) electrons. The number of carbonyl (C=O) groups is 1. The van der Waals surface area contributed by atoms with Gasteiger partial charge in [0.15, 0.2) is 5.60 Å². The average Bonchev–Trinajstić information content (AvgIpc) is 3.29. The SMILES string of the molecule is CCN(c1ccc(C)cc1)N(c1ccc(C)cc1)c1ccc2c(c1)Oc1ccccc1C21OC(=O)c2ccccc21. The first kappa shape index (κ1) is 25.0. The highest BCUT2D eigenvalue weighted by Gasteiger charge is 2.53. The van der Waals surface area contributed by atoms with E-state index < -0.39 is 5.60 Å². The zero-order valence-corrected chi connectivity index (χ0v) is 23.3. The molecule has 0 N–H and O–H groups in total. The van der Waals surface area contributed by atoms with Crippen LogP contribution in [0.1, 0.15) is 45.1 Å². The summed E-state index contributed by atoms with van der Waals surface area (Å²) in [6, 6.07) is 38.7. The molecule has 1 spiro atoms. The van der Waals surface area contributed by atoms with Crippen LogP contribution < -0.4 is 14.8 Å². The van der Waals surface area contributed by atoms with Gasteiger partial charge in [0.1, 0.15) is 11.5 Å². The van der Waals surface area contributed by atoms with Crippen molar-refractivity contribution in [1.82, 2.24) is 0 Å². The maximum atomic E-state index is 13.2. The highest BCUT2D eigenvalue weighted by atomic mass is 16.6. The smallest absolute Gasteiger partial charge is 0.340 e. The minimum atomic E-state index is -1.08. The minimum Gasteiger partial charge on any atom is -0.456 e. The molecule has 2 aliphatic heterocycles. The number of carbonyl (C=O) groups excluding carboxylic acids is 1. The van der Waals surface area contributed by atoms with Gasteiger partial charge in [0.05, 0.1) is 22.6 Å². The molecule has 5 aromatic rings. The van der Waals surface area contributed by atoms with Gasteiger partial charge in [-0.2, -0.15) is 0 Å². The van der Waals surface area contributed by atoms with Crippen LogP contribution in [0, 0.1) is 13.8 Å². The van der Waals surface area contributed by atoms with Gasteiger partial charge in [-0.05, 0) is 69.3 Å². The third-order valence-corrected chi connectivity index (χ3v) is 8.00. The van der Waals surface area contributed by atoms with Crippen molar-refractivity contribution in [2.24, 2.45) is 0 Å². The first-order valence-electron chi connectivity index (χ1n) is 14.0. The van der Waals surface area contributed by atoms with E-state index in [2.05, 4.69) is 91.5 Å². The van der Waals surface area contributed by atoms with Crippen LogP contribution in [0.15, 0.2) is 115 Å². The monoisotopic (exact) mass is 538 g/mol. The molecule has 0 saturated carbocycles. The molecular formula is C36H30N2O3. The maximum Gasteiger partial charge on any atom is 0.340 e. The molecule has 0 amide bonds. The summed E-state index contributed by atoms with van der Waals surface area (Å²) in [5, 5.41) is 4.47. The Morgan fingerprint density at radius 3 is 1.93 bits per heavy atom. The summed E-state index contributed by atoms with van der Waals surface area (Å²) in [6.07, 6.45) is 0. The fourth-order valence-corrected chi connectivity index (χ4v) is 6.02. The third kappa shape index (κ3) is 3.88. The highest BCUT2D eigenvalue weighted by molar-refractivity contribution is 5.97. The number of anilines is 3. The number of esters is 1. The molecule has 2 aliphatic rings. The van der Waals surface area contributed by atoms with Gasteiger partial charge in [-0.3, -0.25) is 10.0 Å². The van der Waals surface area contributed by atoms with E-state index in [4.69, 9.17) is 9.47 Å². The second kappa shape index (κ2) is 9.56. The number of aryl methyl sites for hydroxylation is 2. The van der Waals surface area contributed by atoms with Gasteiger partial charge in [-0.1, -0.05) is 71.8 Å². The summed E-state index contributed by atoms with van der Waals surface area (Å²) >= 11 is 0. The van der Waals surface area contributed by atoms with E-state index in [0.29, 0.717) is 17.1 Å². The van der Waals surface area contributed by atoms with Crippen molar-refractivity contribution in [3.63, 3.8) is 0 Å². The molecule has 5 heteroatoms. The Labute approximate surface area is 240 Å². The minimum absolute atomic E-state index is 0.329. The molecule has 0 aromatic heterocycles. The molecule has 0 fully saturated rings. The Balaban J connectivity index is 1.43. The summed E-state index contributed by atoms with van der Waals surface area (Å²) < 4.78 is 12.9. The normalized spacial score (nSPS) is 16.3. The van der Waals surface area contributed by atoms with Crippen molar-refractivity contribution in [1.29, 1.82) is 0 Å². The lowest BCUT2D eigenvalue weighted by atomic mass is 9.77. The van der Waals surface area contributed by atoms with Crippen LogP contribution in [-0.4, -0.2) is 12.5 Å². The zero-order valence-electron chi connectivity index (χ0n) is 23.3. The van der Waals surface area contributed by atoms with Gasteiger partial charge < -0.3 is 9.47 Å². The van der Waals surface area contributed by atoms with Crippen LogP contribution in [0.3, 0.4) is 0 Å². The van der Waals surface area contributed by atoms with Crippen LogP contribution >= 0.6 is 0 Å². The molecule has 202 valence electrons. The molecule has 5 aromatic carbocycles. The van der Waals surface area contributed by atoms with E-state index in [0.717, 1.165) is 40.3 Å². The van der Waals surface area contributed by atoms with Crippen molar-refractivity contribution in [2.75, 3.05) is 16.6 Å². The van der Waals surface area contributed by atoms with Crippen LogP contribution in [-0.2, 0) is 10.3 Å². The van der Waals surface area contributed by atoms with Gasteiger partial charge >= 0.3 is 5.97 Å². The molecule has 5 nitrogen and oxygen atoms in total. The second-order valence-electron chi connectivity index (χ2n) is 10.6. The van der Waals surface area contributed by atoms with Gasteiger partial charge in [-0.25, -0.2) is 4.79 Å². The van der Waals surface area contributed by atoms with Crippen LogP contribution in [0.2, 0.25) is 0 Å². The lowest BCUT2D eigenvalue weighted by molar-refractivity contribution is 0.0224. The van der Waals surface area contributed by atoms with Crippen molar-refractivity contribution in [3.8, 4) is 11.5 Å². The van der Waals surface area contributed by atoms with E-state index in [-0.39, 0.29) is 5.97 Å². The van der Waals surface area contributed by atoms with Crippen molar-refractivity contribution < 1.29 is 14.3 Å². The van der Waals surface area contributed by atoms with E-state index in [1.165, 1.54) is 11.1 Å². The Bertz CT molecular complexity index is 1780. The molecule has 0 aliphatic carbocycles. The first-order valence-corrected chi connectivity index (χ1v) is 14.0.